The standard InChI is InChI=1S/C17H25N4O2/c1-11(8-17(2,3)4)7-14(22)21-6-5-12-9-19-16(15(18)23)20-13(12)10-21/h11H,5-8,10H2,1-4H3,(H2,18,23). The first-order chi connectivity index (χ1) is 10.7. The van der Waals surface area contributed by atoms with Crippen molar-refractivity contribution in [2.45, 2.75) is 53.5 Å². The van der Waals surface area contributed by atoms with Crippen molar-refractivity contribution in [3.63, 3.8) is 0 Å². The molecule has 1 aliphatic rings. The molecule has 1 aromatic heterocycles. The number of carbonyl (C=O) groups is 2. The number of fused-ring (bicyclic) bond motifs is 1. The van der Waals surface area contributed by atoms with Gasteiger partial charge in [0.25, 0.3) is 5.91 Å². The Morgan fingerprint density at radius 3 is 2.70 bits per heavy atom. The van der Waals surface area contributed by atoms with Gasteiger partial charge in [-0.25, -0.2) is 9.97 Å². The van der Waals surface area contributed by atoms with E-state index in [0.29, 0.717) is 37.5 Å². The summed E-state index contributed by atoms with van der Waals surface area (Å²) in [5, 5.41) is 0. The average Bonchev–Trinajstić information content (AvgIpc) is 2.43. The summed E-state index contributed by atoms with van der Waals surface area (Å²) in [7, 11) is 0. The molecule has 6 nitrogen and oxygen atoms in total. The van der Waals surface area contributed by atoms with E-state index in [1.54, 1.807) is 4.90 Å². The lowest BCUT2D eigenvalue weighted by atomic mass is 9.84. The summed E-state index contributed by atoms with van der Waals surface area (Å²) >= 11 is 0. The molecule has 0 spiro atoms. The van der Waals surface area contributed by atoms with Crippen molar-refractivity contribution in [1.29, 1.82) is 0 Å². The van der Waals surface area contributed by atoms with E-state index in [9.17, 15) is 9.59 Å². The van der Waals surface area contributed by atoms with Crippen LogP contribution in [0.15, 0.2) is 0 Å². The molecule has 125 valence electrons. The first kappa shape index (κ1) is 17.4. The second kappa shape index (κ2) is 6.64. The highest BCUT2D eigenvalue weighted by Crippen LogP contribution is 2.27. The zero-order chi connectivity index (χ0) is 17.2. The summed E-state index contributed by atoms with van der Waals surface area (Å²) in [5.41, 5.74) is 6.96. The molecule has 1 atom stereocenters. The van der Waals surface area contributed by atoms with Gasteiger partial charge in [0.15, 0.2) is 0 Å². The minimum absolute atomic E-state index is 0.0425. The van der Waals surface area contributed by atoms with Gasteiger partial charge in [-0.3, -0.25) is 9.59 Å². The lowest BCUT2D eigenvalue weighted by Gasteiger charge is -2.30. The number of primary amides is 1. The molecule has 0 fully saturated rings. The molecule has 1 radical (unpaired) electrons. The van der Waals surface area contributed by atoms with Gasteiger partial charge >= 0.3 is 0 Å². The Kier molecular flexibility index (Phi) is 5.02. The normalized spacial score (nSPS) is 15.9. The number of nitrogens with zero attached hydrogens (tertiary/aromatic N) is 3. The van der Waals surface area contributed by atoms with E-state index in [0.717, 1.165) is 12.0 Å². The summed E-state index contributed by atoms with van der Waals surface area (Å²) < 4.78 is 0. The molecule has 23 heavy (non-hydrogen) atoms. The first-order valence-corrected chi connectivity index (χ1v) is 8.01. The van der Waals surface area contributed by atoms with Gasteiger partial charge in [0, 0.05) is 18.5 Å². The number of hydrogen-bond acceptors (Lipinski definition) is 4. The molecule has 2 heterocycles. The van der Waals surface area contributed by atoms with Crippen molar-refractivity contribution < 1.29 is 9.59 Å². The van der Waals surface area contributed by atoms with E-state index in [-0.39, 0.29) is 17.1 Å². The second-order valence-corrected chi connectivity index (χ2v) is 7.59. The smallest absolute Gasteiger partial charge is 0.286 e. The van der Waals surface area contributed by atoms with E-state index in [4.69, 9.17) is 5.73 Å². The molecule has 0 saturated carbocycles. The molecule has 0 aromatic carbocycles. The lowest BCUT2D eigenvalue weighted by molar-refractivity contribution is -0.133. The number of aromatic nitrogens is 2. The molecule has 2 amide bonds. The topological polar surface area (TPSA) is 89.2 Å². The number of rotatable bonds is 4. The van der Waals surface area contributed by atoms with Crippen molar-refractivity contribution >= 4 is 11.8 Å². The van der Waals surface area contributed by atoms with Crippen LogP contribution >= 0.6 is 0 Å². The third-order valence-electron chi connectivity index (χ3n) is 3.92. The maximum atomic E-state index is 12.5. The van der Waals surface area contributed by atoms with Crippen LogP contribution in [0.5, 0.6) is 0 Å². The van der Waals surface area contributed by atoms with Crippen LogP contribution in [0, 0.1) is 17.5 Å². The van der Waals surface area contributed by atoms with Crippen LogP contribution in [-0.4, -0.2) is 33.2 Å². The SMILES string of the molecule is CC(CC(=O)N1CCc2[c]nc(C(N)=O)nc2C1)CC(C)(C)C. The second-order valence-electron chi connectivity index (χ2n) is 7.59. The maximum Gasteiger partial charge on any atom is 0.286 e. The van der Waals surface area contributed by atoms with Gasteiger partial charge in [-0.05, 0) is 24.2 Å². The van der Waals surface area contributed by atoms with E-state index < -0.39 is 5.91 Å². The van der Waals surface area contributed by atoms with Crippen molar-refractivity contribution in [1.82, 2.24) is 14.9 Å². The van der Waals surface area contributed by atoms with Gasteiger partial charge in [-0.2, -0.15) is 0 Å². The highest BCUT2D eigenvalue weighted by Gasteiger charge is 2.25. The number of amides is 2. The van der Waals surface area contributed by atoms with Crippen molar-refractivity contribution in [3.8, 4) is 0 Å². The summed E-state index contributed by atoms with van der Waals surface area (Å²) in [6.45, 7) is 9.71. The molecule has 1 aromatic rings. The van der Waals surface area contributed by atoms with Crippen LogP contribution in [0.3, 0.4) is 0 Å². The quantitative estimate of drug-likeness (QED) is 0.915. The molecule has 0 saturated heterocycles. The van der Waals surface area contributed by atoms with E-state index >= 15 is 0 Å². The molecular formula is C17H25N4O2. The molecule has 0 bridgehead atoms. The zero-order valence-corrected chi connectivity index (χ0v) is 14.3. The minimum Gasteiger partial charge on any atom is -0.363 e. The molecule has 1 unspecified atom stereocenters. The van der Waals surface area contributed by atoms with E-state index in [1.807, 2.05) is 0 Å². The van der Waals surface area contributed by atoms with Gasteiger partial charge in [0.2, 0.25) is 11.7 Å². The van der Waals surface area contributed by atoms with Gasteiger partial charge in [-0.1, -0.05) is 27.7 Å². The van der Waals surface area contributed by atoms with Crippen LogP contribution in [0.4, 0.5) is 0 Å². The van der Waals surface area contributed by atoms with Crippen LogP contribution < -0.4 is 5.73 Å². The van der Waals surface area contributed by atoms with Crippen LogP contribution in [0.1, 0.15) is 62.4 Å². The molecule has 0 aliphatic carbocycles. The Hall–Kier alpha value is -1.98. The number of carbonyl (C=O) groups excluding carboxylic acids is 2. The third kappa shape index (κ3) is 4.74. The Morgan fingerprint density at radius 1 is 1.39 bits per heavy atom. The predicted octanol–water partition coefficient (Wildman–Crippen LogP) is 1.72. The fourth-order valence-corrected chi connectivity index (χ4v) is 3.11. The monoisotopic (exact) mass is 317 g/mol. The predicted molar refractivity (Wildman–Crippen MR) is 86.4 cm³/mol. The summed E-state index contributed by atoms with van der Waals surface area (Å²) in [5.74, 6) is -0.251. The summed E-state index contributed by atoms with van der Waals surface area (Å²) in [6.07, 6.45) is 5.02. The molecule has 6 heteroatoms. The average molecular weight is 317 g/mol. The Bertz CT molecular complexity index is 607. The van der Waals surface area contributed by atoms with E-state index in [1.165, 1.54) is 0 Å². The highest BCUT2D eigenvalue weighted by molar-refractivity contribution is 5.88. The summed E-state index contributed by atoms with van der Waals surface area (Å²) in [4.78, 5) is 33.5. The molecule has 2 rings (SSSR count). The van der Waals surface area contributed by atoms with E-state index in [2.05, 4.69) is 43.9 Å². The third-order valence-corrected chi connectivity index (χ3v) is 3.92. The van der Waals surface area contributed by atoms with Crippen molar-refractivity contribution in [3.05, 3.63) is 23.3 Å². The van der Waals surface area contributed by atoms with Gasteiger partial charge in [0.05, 0.1) is 18.4 Å². The summed E-state index contributed by atoms with van der Waals surface area (Å²) in [6, 6.07) is 0. The molecule has 2 N–H and O–H groups in total. The van der Waals surface area contributed by atoms with Crippen LogP contribution in [-0.2, 0) is 17.8 Å². The van der Waals surface area contributed by atoms with Gasteiger partial charge in [0.1, 0.15) is 0 Å². The first-order valence-electron chi connectivity index (χ1n) is 8.01. The Labute approximate surface area is 137 Å². The minimum atomic E-state index is -0.675. The Balaban J connectivity index is 2.02. The van der Waals surface area contributed by atoms with Crippen molar-refractivity contribution in [2.24, 2.45) is 17.1 Å². The van der Waals surface area contributed by atoms with Crippen molar-refractivity contribution in [2.75, 3.05) is 6.54 Å². The Morgan fingerprint density at radius 2 is 2.09 bits per heavy atom. The number of hydrogen-bond donors (Lipinski definition) is 1. The largest absolute Gasteiger partial charge is 0.363 e. The van der Waals surface area contributed by atoms with Gasteiger partial charge < -0.3 is 10.6 Å². The maximum absolute atomic E-state index is 12.5. The van der Waals surface area contributed by atoms with Crippen LogP contribution in [0.25, 0.3) is 0 Å². The fourth-order valence-electron chi connectivity index (χ4n) is 3.11. The lowest BCUT2D eigenvalue weighted by Crippen LogP contribution is -2.38. The molecular weight excluding hydrogens is 292 g/mol. The van der Waals surface area contributed by atoms with Gasteiger partial charge in [-0.15, -0.1) is 0 Å². The zero-order valence-electron chi connectivity index (χ0n) is 14.3. The molecule has 1 aliphatic heterocycles. The number of nitrogens with two attached hydrogens (primary N) is 1. The fraction of sp³-hybridized carbons (Fsp3) is 0.647. The highest BCUT2D eigenvalue weighted by atomic mass is 16.2. The van der Waals surface area contributed by atoms with Crippen LogP contribution in [0.2, 0.25) is 0 Å².